The first-order chi connectivity index (χ1) is 19.0. The molecular weight excluding hydrogens is 533 g/mol. The molecule has 0 spiro atoms. The fourth-order valence-corrected chi connectivity index (χ4v) is 4.39. The first-order valence-electron chi connectivity index (χ1n) is 12.5. The summed E-state index contributed by atoms with van der Waals surface area (Å²) in [6, 6.07) is 10.2. The van der Waals surface area contributed by atoms with Gasteiger partial charge in [-0.1, -0.05) is 12.1 Å². The highest BCUT2D eigenvalue weighted by Gasteiger charge is 2.32. The van der Waals surface area contributed by atoms with Gasteiger partial charge in [-0.15, -0.1) is 0 Å². The summed E-state index contributed by atoms with van der Waals surface area (Å²) in [5.74, 6) is -0.951. The van der Waals surface area contributed by atoms with Gasteiger partial charge in [0.05, 0.1) is 37.4 Å². The van der Waals surface area contributed by atoms with Crippen molar-refractivity contribution in [3.63, 3.8) is 0 Å². The molecule has 4 rings (SSSR count). The summed E-state index contributed by atoms with van der Waals surface area (Å²) in [4.78, 5) is 53.7. The summed E-state index contributed by atoms with van der Waals surface area (Å²) >= 11 is 0. The smallest absolute Gasteiger partial charge is 0.416 e. The first-order valence-corrected chi connectivity index (χ1v) is 12.5. The van der Waals surface area contributed by atoms with Crippen LogP contribution in [0.4, 0.5) is 13.2 Å². The van der Waals surface area contributed by atoms with E-state index in [1.54, 1.807) is 19.1 Å². The quantitative estimate of drug-likeness (QED) is 0.409. The van der Waals surface area contributed by atoms with Crippen LogP contribution >= 0.6 is 0 Å². The summed E-state index contributed by atoms with van der Waals surface area (Å²) in [5.41, 5.74) is -2.79. The lowest BCUT2D eigenvalue weighted by molar-refractivity contribution is -0.149. The molecule has 2 aromatic carbocycles. The van der Waals surface area contributed by atoms with Gasteiger partial charge in [-0.2, -0.15) is 23.0 Å². The topological polar surface area (TPSA) is 113 Å². The van der Waals surface area contributed by atoms with Crippen molar-refractivity contribution in [3.05, 3.63) is 86.2 Å². The summed E-state index contributed by atoms with van der Waals surface area (Å²) < 4.78 is 50.9. The number of nitrogens with zero attached hydrogens (tertiary/aromatic N) is 4. The van der Waals surface area contributed by atoms with Crippen molar-refractivity contribution in [3.8, 4) is 11.4 Å². The molecule has 0 atom stereocenters. The minimum atomic E-state index is -4.55. The van der Waals surface area contributed by atoms with Crippen molar-refractivity contribution < 1.29 is 32.2 Å². The van der Waals surface area contributed by atoms with Gasteiger partial charge in [-0.3, -0.25) is 19.0 Å². The Bertz CT molecular complexity index is 1490. The van der Waals surface area contributed by atoms with E-state index in [0.29, 0.717) is 18.6 Å². The average Bonchev–Trinajstić information content (AvgIpc) is 2.95. The second kappa shape index (κ2) is 11.8. The minimum Gasteiger partial charge on any atom is -0.497 e. The molecule has 0 unspecified atom stereocenters. The predicted octanol–water partition coefficient (Wildman–Crippen LogP) is 2.89. The van der Waals surface area contributed by atoms with Gasteiger partial charge in [0.25, 0.3) is 11.5 Å². The molecule has 10 nitrogen and oxygen atoms in total. The Hall–Kier alpha value is -4.42. The summed E-state index contributed by atoms with van der Waals surface area (Å²) in [6.07, 6.45) is -3.88. The largest absolute Gasteiger partial charge is 0.497 e. The maximum Gasteiger partial charge on any atom is 0.416 e. The van der Waals surface area contributed by atoms with E-state index in [1.807, 2.05) is 0 Å². The molecular formula is C27H27F3N4O6. The Morgan fingerprint density at radius 2 is 1.62 bits per heavy atom. The number of amides is 1. The van der Waals surface area contributed by atoms with E-state index in [4.69, 9.17) is 9.47 Å². The molecule has 0 aliphatic carbocycles. The van der Waals surface area contributed by atoms with E-state index < -0.39 is 34.6 Å². The Balaban J connectivity index is 1.72. The van der Waals surface area contributed by atoms with E-state index in [-0.39, 0.29) is 49.4 Å². The van der Waals surface area contributed by atoms with Gasteiger partial charge < -0.3 is 14.4 Å². The van der Waals surface area contributed by atoms with E-state index in [2.05, 4.69) is 5.10 Å². The lowest BCUT2D eigenvalue weighted by Gasteiger charge is -2.30. The second-order valence-corrected chi connectivity index (χ2v) is 9.15. The van der Waals surface area contributed by atoms with E-state index >= 15 is 0 Å². The van der Waals surface area contributed by atoms with Gasteiger partial charge in [0.15, 0.2) is 0 Å². The normalized spacial score (nSPS) is 14.2. The number of halogens is 3. The zero-order valence-electron chi connectivity index (χ0n) is 21.8. The van der Waals surface area contributed by atoms with E-state index in [9.17, 15) is 32.3 Å². The average molecular weight is 561 g/mol. The molecule has 3 aromatic rings. The van der Waals surface area contributed by atoms with Crippen LogP contribution in [0.15, 0.2) is 58.1 Å². The first kappa shape index (κ1) is 28.6. The Morgan fingerprint density at radius 1 is 1.00 bits per heavy atom. The molecule has 0 saturated carbocycles. The molecule has 0 bridgehead atoms. The number of carbonyl (C=O) groups excluding carboxylic acids is 2. The van der Waals surface area contributed by atoms with Gasteiger partial charge in [0, 0.05) is 13.1 Å². The number of benzene rings is 2. The molecule has 0 radical (unpaired) electrons. The molecule has 1 aliphatic heterocycles. The van der Waals surface area contributed by atoms with Crippen LogP contribution in [-0.4, -0.2) is 57.9 Å². The molecule has 212 valence electrons. The number of methoxy groups -OCH3 is 1. The predicted molar refractivity (Wildman–Crippen MR) is 136 cm³/mol. The van der Waals surface area contributed by atoms with Crippen LogP contribution in [-0.2, 0) is 22.3 Å². The van der Waals surface area contributed by atoms with Gasteiger partial charge >= 0.3 is 17.8 Å². The zero-order valence-corrected chi connectivity index (χ0v) is 21.8. The second-order valence-electron chi connectivity index (χ2n) is 9.15. The van der Waals surface area contributed by atoms with Crippen LogP contribution in [0.3, 0.4) is 0 Å². The molecule has 1 saturated heterocycles. The maximum absolute atomic E-state index is 13.5. The maximum atomic E-state index is 13.5. The van der Waals surface area contributed by atoms with Crippen molar-refractivity contribution in [2.45, 2.75) is 32.5 Å². The van der Waals surface area contributed by atoms with E-state index in [1.165, 1.54) is 24.1 Å². The van der Waals surface area contributed by atoms with Crippen LogP contribution < -0.4 is 16.0 Å². The van der Waals surface area contributed by atoms with Crippen LogP contribution in [0.2, 0.25) is 0 Å². The Morgan fingerprint density at radius 3 is 2.17 bits per heavy atom. The molecule has 13 heteroatoms. The minimum absolute atomic E-state index is 0.171. The van der Waals surface area contributed by atoms with Gasteiger partial charge in [0.2, 0.25) is 5.69 Å². The number of ether oxygens (including phenoxy) is 2. The molecule has 1 fully saturated rings. The van der Waals surface area contributed by atoms with Crippen LogP contribution in [0.25, 0.3) is 5.69 Å². The number of hydrogen-bond donors (Lipinski definition) is 0. The van der Waals surface area contributed by atoms with Gasteiger partial charge in [-0.25, -0.2) is 4.79 Å². The van der Waals surface area contributed by atoms with E-state index in [0.717, 1.165) is 33.5 Å². The van der Waals surface area contributed by atoms with Gasteiger partial charge in [0.1, 0.15) is 5.75 Å². The SMILES string of the molecule is CCOC(=O)C1CCN(C(=O)c2nn(-c3ccc(OC)cc3)c(=O)n(Cc3ccc(C(F)(F)F)cc3)c2=O)CC1. The van der Waals surface area contributed by atoms with Crippen molar-refractivity contribution in [1.29, 1.82) is 0 Å². The molecule has 1 amide bonds. The Kier molecular flexibility index (Phi) is 8.40. The number of aromatic nitrogens is 3. The third-order valence-electron chi connectivity index (χ3n) is 6.60. The van der Waals surface area contributed by atoms with Crippen molar-refractivity contribution >= 4 is 11.9 Å². The van der Waals surface area contributed by atoms with Gasteiger partial charge in [-0.05, 0) is 61.7 Å². The number of likely N-dealkylation sites (tertiary alicyclic amines) is 1. The highest BCUT2D eigenvalue weighted by atomic mass is 19.4. The fraction of sp³-hybridized carbons (Fsp3) is 0.370. The lowest BCUT2D eigenvalue weighted by Crippen LogP contribution is -2.48. The number of piperidine rings is 1. The van der Waals surface area contributed by atoms with Crippen molar-refractivity contribution in [2.24, 2.45) is 5.92 Å². The summed E-state index contributed by atoms with van der Waals surface area (Å²) in [5, 5.41) is 4.10. The number of carbonyl (C=O) groups is 2. The van der Waals surface area contributed by atoms with Crippen LogP contribution in [0, 0.1) is 5.92 Å². The molecule has 0 N–H and O–H groups in total. The summed E-state index contributed by atoms with van der Waals surface area (Å²) in [7, 11) is 1.46. The highest BCUT2D eigenvalue weighted by molar-refractivity contribution is 5.92. The highest BCUT2D eigenvalue weighted by Crippen LogP contribution is 2.29. The van der Waals surface area contributed by atoms with Crippen LogP contribution in [0.1, 0.15) is 41.4 Å². The summed E-state index contributed by atoms with van der Waals surface area (Å²) in [6.45, 7) is 1.90. The monoisotopic (exact) mass is 560 g/mol. The third-order valence-corrected chi connectivity index (χ3v) is 6.60. The van der Waals surface area contributed by atoms with Crippen LogP contribution in [0.5, 0.6) is 5.75 Å². The molecule has 40 heavy (non-hydrogen) atoms. The standard InChI is InChI=1S/C27H27F3N4O6/c1-3-40-25(37)18-12-14-32(15-13-18)23(35)22-24(36)33(16-17-4-6-19(7-5-17)27(28,29)30)26(38)34(31-22)20-8-10-21(39-2)11-9-20/h4-11,18H,3,12-16H2,1-2H3. The number of hydrogen-bond acceptors (Lipinski definition) is 7. The molecule has 1 aliphatic rings. The fourth-order valence-electron chi connectivity index (χ4n) is 4.39. The van der Waals surface area contributed by atoms with Crippen molar-refractivity contribution in [1.82, 2.24) is 19.2 Å². The molecule has 2 heterocycles. The van der Waals surface area contributed by atoms with Crippen molar-refractivity contribution in [2.75, 3.05) is 26.8 Å². The number of rotatable bonds is 7. The molecule has 1 aromatic heterocycles. The zero-order chi connectivity index (χ0) is 29.0. The Labute approximate surface area is 226 Å². The lowest BCUT2D eigenvalue weighted by atomic mass is 9.97. The third kappa shape index (κ3) is 6.08. The number of alkyl halides is 3. The number of esters is 1.